The van der Waals surface area contributed by atoms with Crippen LogP contribution in [0.4, 0.5) is 5.82 Å². The maximum atomic E-state index is 12.5. The molecule has 1 aromatic heterocycles. The van der Waals surface area contributed by atoms with Crippen molar-refractivity contribution in [3.63, 3.8) is 0 Å². The molecule has 2 heterocycles. The van der Waals surface area contributed by atoms with Crippen LogP contribution >= 0.6 is 15.9 Å². The van der Waals surface area contributed by atoms with E-state index in [-0.39, 0.29) is 17.9 Å². The number of aromatic nitrogens is 1. The predicted octanol–water partition coefficient (Wildman–Crippen LogP) is 1.62. The van der Waals surface area contributed by atoms with Crippen LogP contribution in [0.1, 0.15) is 19.3 Å². The van der Waals surface area contributed by atoms with Crippen molar-refractivity contribution in [2.45, 2.75) is 25.3 Å². The van der Waals surface area contributed by atoms with Gasteiger partial charge in [0.15, 0.2) is 0 Å². The molecule has 3 rings (SSSR count). The number of rotatable bonds is 2. The molecule has 1 aromatic rings. The SMILES string of the molecule is N[C@@H]1CCC[C@H]1C(=O)N1CCN(c2ccc(Br)cn2)CC1. The summed E-state index contributed by atoms with van der Waals surface area (Å²) in [6.07, 6.45) is 4.83. The van der Waals surface area contributed by atoms with E-state index in [0.29, 0.717) is 0 Å². The Labute approximate surface area is 133 Å². The van der Waals surface area contributed by atoms with Crippen LogP contribution in [-0.4, -0.2) is 48.0 Å². The summed E-state index contributed by atoms with van der Waals surface area (Å²) in [6, 6.07) is 4.06. The van der Waals surface area contributed by atoms with Crippen LogP contribution in [0.2, 0.25) is 0 Å². The second-order valence-electron chi connectivity index (χ2n) is 5.85. The Morgan fingerprint density at radius 2 is 2.00 bits per heavy atom. The zero-order valence-electron chi connectivity index (χ0n) is 12.0. The van der Waals surface area contributed by atoms with E-state index in [4.69, 9.17) is 5.73 Å². The summed E-state index contributed by atoms with van der Waals surface area (Å²) in [5.41, 5.74) is 6.05. The van der Waals surface area contributed by atoms with Gasteiger partial charge < -0.3 is 15.5 Å². The molecule has 0 unspecified atom stereocenters. The van der Waals surface area contributed by atoms with Crippen molar-refractivity contribution in [1.82, 2.24) is 9.88 Å². The zero-order chi connectivity index (χ0) is 14.8. The topological polar surface area (TPSA) is 62.5 Å². The number of amides is 1. The van der Waals surface area contributed by atoms with Crippen LogP contribution < -0.4 is 10.6 Å². The Morgan fingerprint density at radius 3 is 2.57 bits per heavy atom. The van der Waals surface area contributed by atoms with Crippen molar-refractivity contribution in [2.75, 3.05) is 31.1 Å². The quantitative estimate of drug-likeness (QED) is 0.878. The summed E-state index contributed by atoms with van der Waals surface area (Å²) >= 11 is 3.40. The number of hydrogen-bond donors (Lipinski definition) is 1. The Balaban J connectivity index is 1.57. The number of halogens is 1. The fourth-order valence-electron chi connectivity index (χ4n) is 3.24. The number of carbonyl (C=O) groups is 1. The second kappa shape index (κ2) is 6.32. The van der Waals surface area contributed by atoms with Gasteiger partial charge in [0, 0.05) is 42.9 Å². The van der Waals surface area contributed by atoms with Gasteiger partial charge in [-0.25, -0.2) is 4.98 Å². The lowest BCUT2D eigenvalue weighted by molar-refractivity contribution is -0.136. The number of nitrogens with two attached hydrogens (primary N) is 1. The van der Waals surface area contributed by atoms with Crippen molar-refractivity contribution >= 4 is 27.7 Å². The molecule has 21 heavy (non-hydrogen) atoms. The minimum absolute atomic E-state index is 0.0438. The summed E-state index contributed by atoms with van der Waals surface area (Å²) in [4.78, 5) is 21.1. The van der Waals surface area contributed by atoms with Gasteiger partial charge in [-0.1, -0.05) is 6.42 Å². The minimum Gasteiger partial charge on any atom is -0.353 e. The van der Waals surface area contributed by atoms with E-state index >= 15 is 0 Å². The lowest BCUT2D eigenvalue weighted by Gasteiger charge is -2.37. The van der Waals surface area contributed by atoms with Gasteiger partial charge in [0.05, 0.1) is 5.92 Å². The molecule has 0 spiro atoms. The smallest absolute Gasteiger partial charge is 0.227 e. The minimum atomic E-state index is 0.0438. The van der Waals surface area contributed by atoms with E-state index in [1.54, 1.807) is 0 Å². The molecule has 114 valence electrons. The Morgan fingerprint density at radius 1 is 1.24 bits per heavy atom. The molecule has 2 fully saturated rings. The Hall–Kier alpha value is -1.14. The van der Waals surface area contributed by atoms with Crippen LogP contribution in [0, 0.1) is 5.92 Å². The summed E-state index contributed by atoms with van der Waals surface area (Å²) in [5.74, 6) is 1.27. The van der Waals surface area contributed by atoms with Crippen molar-refractivity contribution in [3.05, 3.63) is 22.8 Å². The highest BCUT2D eigenvalue weighted by Crippen LogP contribution is 2.26. The van der Waals surface area contributed by atoms with E-state index in [9.17, 15) is 4.79 Å². The monoisotopic (exact) mass is 352 g/mol. The summed E-state index contributed by atoms with van der Waals surface area (Å²) < 4.78 is 0.982. The van der Waals surface area contributed by atoms with Crippen LogP contribution in [0.3, 0.4) is 0 Å². The molecule has 0 radical (unpaired) electrons. The number of hydrogen-bond acceptors (Lipinski definition) is 4. The number of anilines is 1. The first-order chi connectivity index (χ1) is 10.1. The van der Waals surface area contributed by atoms with Crippen molar-refractivity contribution in [3.8, 4) is 0 Å². The molecule has 2 aliphatic rings. The Kier molecular flexibility index (Phi) is 4.45. The molecule has 1 saturated carbocycles. The first-order valence-corrected chi connectivity index (χ1v) is 8.35. The van der Waals surface area contributed by atoms with Gasteiger partial charge in [-0.3, -0.25) is 4.79 Å². The maximum absolute atomic E-state index is 12.5. The molecular weight excluding hydrogens is 332 g/mol. The summed E-state index contributed by atoms with van der Waals surface area (Å²) in [7, 11) is 0. The normalized spacial score (nSPS) is 26.2. The van der Waals surface area contributed by atoms with Crippen LogP contribution in [0.15, 0.2) is 22.8 Å². The fraction of sp³-hybridized carbons (Fsp3) is 0.600. The van der Waals surface area contributed by atoms with Crippen molar-refractivity contribution in [1.29, 1.82) is 0 Å². The standard InChI is InChI=1S/C15H21BrN4O/c16-11-4-5-14(18-10-11)19-6-8-20(9-7-19)15(21)12-2-1-3-13(12)17/h4-5,10,12-13H,1-3,6-9,17H2/t12-,13-/m1/s1. The number of carbonyl (C=O) groups excluding carboxylic acids is 1. The first-order valence-electron chi connectivity index (χ1n) is 7.56. The average Bonchev–Trinajstić information content (AvgIpc) is 2.94. The summed E-state index contributed by atoms with van der Waals surface area (Å²) in [6.45, 7) is 3.20. The van der Waals surface area contributed by atoms with E-state index in [2.05, 4.69) is 25.8 Å². The molecule has 1 aliphatic heterocycles. The van der Waals surface area contributed by atoms with Crippen molar-refractivity contribution in [2.24, 2.45) is 11.7 Å². The van der Waals surface area contributed by atoms with Gasteiger partial charge in [0.25, 0.3) is 0 Å². The highest BCUT2D eigenvalue weighted by Gasteiger charge is 2.34. The van der Waals surface area contributed by atoms with Gasteiger partial charge in [-0.2, -0.15) is 0 Å². The molecule has 0 aromatic carbocycles. The highest BCUT2D eigenvalue weighted by molar-refractivity contribution is 9.10. The van der Waals surface area contributed by atoms with Gasteiger partial charge in [0.2, 0.25) is 5.91 Å². The zero-order valence-corrected chi connectivity index (χ0v) is 13.6. The van der Waals surface area contributed by atoms with E-state index < -0.39 is 0 Å². The molecule has 2 N–H and O–H groups in total. The Bertz CT molecular complexity index is 499. The highest BCUT2D eigenvalue weighted by atomic mass is 79.9. The molecule has 1 amide bonds. The van der Waals surface area contributed by atoms with Crippen LogP contribution in [0.25, 0.3) is 0 Å². The van der Waals surface area contributed by atoms with Crippen LogP contribution in [0.5, 0.6) is 0 Å². The lowest BCUT2D eigenvalue weighted by atomic mass is 10.0. The summed E-state index contributed by atoms with van der Waals surface area (Å²) in [5, 5.41) is 0. The third kappa shape index (κ3) is 3.21. The molecule has 6 heteroatoms. The maximum Gasteiger partial charge on any atom is 0.227 e. The molecule has 1 saturated heterocycles. The average molecular weight is 353 g/mol. The number of piperazine rings is 1. The molecular formula is C15H21BrN4O. The second-order valence-corrected chi connectivity index (χ2v) is 6.76. The third-order valence-corrected chi connectivity index (χ3v) is 4.98. The molecule has 0 bridgehead atoms. The molecule has 2 atom stereocenters. The number of pyridine rings is 1. The number of nitrogens with zero attached hydrogens (tertiary/aromatic N) is 3. The van der Waals surface area contributed by atoms with Gasteiger partial charge >= 0.3 is 0 Å². The fourth-order valence-corrected chi connectivity index (χ4v) is 3.48. The van der Waals surface area contributed by atoms with E-state index in [1.807, 2.05) is 23.2 Å². The van der Waals surface area contributed by atoms with Crippen molar-refractivity contribution < 1.29 is 4.79 Å². The first kappa shape index (κ1) is 14.8. The van der Waals surface area contributed by atoms with Gasteiger partial charge in [-0.05, 0) is 40.9 Å². The largest absolute Gasteiger partial charge is 0.353 e. The van der Waals surface area contributed by atoms with Gasteiger partial charge in [-0.15, -0.1) is 0 Å². The predicted molar refractivity (Wildman–Crippen MR) is 86.0 cm³/mol. The van der Waals surface area contributed by atoms with E-state index in [0.717, 1.165) is 55.7 Å². The third-order valence-electron chi connectivity index (χ3n) is 4.51. The lowest BCUT2D eigenvalue weighted by Crippen LogP contribution is -2.52. The van der Waals surface area contributed by atoms with Gasteiger partial charge in [0.1, 0.15) is 5.82 Å². The van der Waals surface area contributed by atoms with Crippen LogP contribution in [-0.2, 0) is 4.79 Å². The molecule has 1 aliphatic carbocycles. The van der Waals surface area contributed by atoms with E-state index in [1.165, 1.54) is 0 Å². The molecule has 5 nitrogen and oxygen atoms in total.